The van der Waals surface area contributed by atoms with Crippen molar-refractivity contribution in [1.29, 1.82) is 10.5 Å². The van der Waals surface area contributed by atoms with E-state index in [1.165, 1.54) is 0 Å². The monoisotopic (exact) mass is 376 g/mol. The van der Waals surface area contributed by atoms with Crippen LogP contribution >= 0.6 is 0 Å². The molecule has 0 atom stereocenters. The van der Waals surface area contributed by atoms with Crippen LogP contribution in [-0.4, -0.2) is 26.6 Å². The van der Waals surface area contributed by atoms with E-state index in [-0.39, 0.29) is 6.09 Å². The maximum Gasteiger partial charge on any atom is 0.410 e. The van der Waals surface area contributed by atoms with Gasteiger partial charge in [0.2, 0.25) is 5.95 Å². The maximum absolute atomic E-state index is 12.2. The van der Waals surface area contributed by atoms with Crippen LogP contribution < -0.4 is 5.32 Å². The topological polar surface area (TPSA) is 115 Å². The Kier molecular flexibility index (Phi) is 5.14. The Hall–Kier alpha value is -3.65. The lowest BCUT2D eigenvalue weighted by molar-refractivity contribution is 0.0240. The van der Waals surface area contributed by atoms with Crippen LogP contribution in [-0.2, 0) is 24.4 Å². The van der Waals surface area contributed by atoms with Crippen LogP contribution in [0.1, 0.15) is 48.7 Å². The fraction of sp³-hybridized carbons (Fsp3) is 0.350. The highest BCUT2D eigenvalue weighted by Gasteiger charge is 2.29. The second kappa shape index (κ2) is 7.53. The van der Waals surface area contributed by atoms with Gasteiger partial charge in [0.25, 0.3) is 0 Å². The molecule has 1 N–H and O–H groups in total. The van der Waals surface area contributed by atoms with Crippen LogP contribution in [0.5, 0.6) is 0 Å². The van der Waals surface area contributed by atoms with Crippen molar-refractivity contribution in [3.8, 4) is 12.1 Å². The molecule has 0 radical (unpaired) electrons. The van der Waals surface area contributed by atoms with E-state index in [0.29, 0.717) is 36.7 Å². The normalized spacial score (nSPS) is 12.7. The SMILES string of the molecule is CC(C)(C)OC(=O)N1Cc2cnc(NCc3cc(C#N)cc(C#N)c3)nc2C1. The van der Waals surface area contributed by atoms with Crippen molar-refractivity contribution in [1.82, 2.24) is 14.9 Å². The van der Waals surface area contributed by atoms with E-state index < -0.39 is 5.60 Å². The predicted octanol–water partition coefficient (Wildman–Crippen LogP) is 3.08. The quantitative estimate of drug-likeness (QED) is 0.875. The molecule has 1 aliphatic rings. The number of rotatable bonds is 3. The Morgan fingerprint density at radius 1 is 1.21 bits per heavy atom. The molecular formula is C20H20N6O2. The van der Waals surface area contributed by atoms with Crippen LogP contribution in [0.25, 0.3) is 0 Å². The summed E-state index contributed by atoms with van der Waals surface area (Å²) in [5.41, 5.74) is 2.75. The fourth-order valence-electron chi connectivity index (χ4n) is 2.80. The molecule has 0 unspecified atom stereocenters. The van der Waals surface area contributed by atoms with Gasteiger partial charge >= 0.3 is 6.09 Å². The highest BCUT2D eigenvalue weighted by Crippen LogP contribution is 2.23. The Bertz CT molecular complexity index is 965. The zero-order chi connectivity index (χ0) is 20.3. The van der Waals surface area contributed by atoms with Gasteiger partial charge in [0.1, 0.15) is 5.60 Å². The smallest absolute Gasteiger partial charge is 0.410 e. The number of aromatic nitrogens is 2. The largest absolute Gasteiger partial charge is 0.444 e. The Morgan fingerprint density at radius 2 is 1.89 bits per heavy atom. The van der Waals surface area contributed by atoms with Crippen molar-refractivity contribution >= 4 is 12.0 Å². The van der Waals surface area contributed by atoms with Gasteiger partial charge in [0.15, 0.2) is 0 Å². The number of anilines is 1. The standard InChI is InChI=1S/C20H20N6O2/c1-20(2,3)28-19(27)26-11-16-10-24-18(25-17(16)12-26)23-9-15-5-13(7-21)4-14(6-15)8-22/h4-6,10H,9,11-12H2,1-3H3,(H,23,24,25). The second-order valence-corrected chi connectivity index (χ2v) is 7.50. The molecule has 8 heteroatoms. The third-order valence-electron chi connectivity index (χ3n) is 4.01. The van der Waals surface area contributed by atoms with Crippen LogP contribution in [0.4, 0.5) is 10.7 Å². The summed E-state index contributed by atoms with van der Waals surface area (Å²) in [5.74, 6) is 0.422. The molecule has 3 rings (SSSR count). The van der Waals surface area contributed by atoms with Gasteiger partial charge in [-0.25, -0.2) is 14.8 Å². The molecule has 1 amide bonds. The number of ether oxygens (including phenoxy) is 1. The van der Waals surface area contributed by atoms with Crippen LogP contribution in [0.3, 0.4) is 0 Å². The van der Waals surface area contributed by atoms with Crippen LogP contribution in [0.2, 0.25) is 0 Å². The number of hydrogen-bond acceptors (Lipinski definition) is 7. The van der Waals surface area contributed by atoms with Crippen molar-refractivity contribution in [2.24, 2.45) is 0 Å². The maximum atomic E-state index is 12.2. The molecule has 1 aromatic carbocycles. The summed E-state index contributed by atoms with van der Waals surface area (Å²) in [7, 11) is 0. The summed E-state index contributed by atoms with van der Waals surface area (Å²) in [6.07, 6.45) is 1.32. The average Bonchev–Trinajstić information content (AvgIpc) is 3.08. The van der Waals surface area contributed by atoms with Crippen molar-refractivity contribution < 1.29 is 9.53 Å². The van der Waals surface area contributed by atoms with Gasteiger partial charge in [0, 0.05) is 18.3 Å². The molecule has 0 saturated carbocycles. The molecule has 1 aromatic heterocycles. The van der Waals surface area contributed by atoms with Gasteiger partial charge < -0.3 is 10.1 Å². The Morgan fingerprint density at radius 3 is 2.50 bits per heavy atom. The summed E-state index contributed by atoms with van der Waals surface area (Å²) >= 11 is 0. The van der Waals surface area contributed by atoms with E-state index in [1.807, 2.05) is 32.9 Å². The van der Waals surface area contributed by atoms with Gasteiger partial charge in [-0.2, -0.15) is 10.5 Å². The Labute approximate surface area is 163 Å². The minimum absolute atomic E-state index is 0.365. The molecule has 0 spiro atoms. The van der Waals surface area contributed by atoms with Gasteiger partial charge in [-0.3, -0.25) is 4.90 Å². The lowest BCUT2D eigenvalue weighted by Crippen LogP contribution is -2.33. The number of nitriles is 2. The number of benzene rings is 1. The third-order valence-corrected chi connectivity index (χ3v) is 4.01. The zero-order valence-electron chi connectivity index (χ0n) is 16.0. The van der Waals surface area contributed by atoms with Crippen molar-refractivity contribution in [3.05, 3.63) is 52.3 Å². The lowest BCUT2D eigenvalue weighted by atomic mass is 10.1. The van der Waals surface area contributed by atoms with Crippen LogP contribution in [0, 0.1) is 22.7 Å². The van der Waals surface area contributed by atoms with E-state index in [9.17, 15) is 4.79 Å². The van der Waals surface area contributed by atoms with Gasteiger partial charge in [0.05, 0.1) is 42.0 Å². The summed E-state index contributed by atoms with van der Waals surface area (Å²) in [6.45, 7) is 6.64. The molecule has 0 fully saturated rings. The van der Waals surface area contributed by atoms with Crippen LogP contribution in [0.15, 0.2) is 24.4 Å². The molecule has 28 heavy (non-hydrogen) atoms. The number of hydrogen-bond donors (Lipinski definition) is 1. The first kappa shape index (κ1) is 19.1. The highest BCUT2D eigenvalue weighted by molar-refractivity contribution is 5.69. The third kappa shape index (κ3) is 4.54. The van der Waals surface area contributed by atoms with E-state index in [0.717, 1.165) is 16.8 Å². The van der Waals surface area contributed by atoms with E-state index in [2.05, 4.69) is 15.3 Å². The first-order chi connectivity index (χ1) is 13.3. The number of nitrogens with one attached hydrogen (secondary N) is 1. The summed E-state index contributed by atoms with van der Waals surface area (Å²) in [6, 6.07) is 9.06. The molecule has 0 bridgehead atoms. The van der Waals surface area contributed by atoms with Crippen molar-refractivity contribution in [3.63, 3.8) is 0 Å². The molecule has 0 saturated heterocycles. The average molecular weight is 376 g/mol. The molecular weight excluding hydrogens is 356 g/mol. The van der Waals surface area contributed by atoms with Crippen molar-refractivity contribution in [2.45, 2.75) is 46.0 Å². The fourth-order valence-corrected chi connectivity index (χ4v) is 2.80. The molecule has 8 nitrogen and oxygen atoms in total. The number of amides is 1. The van der Waals surface area contributed by atoms with Gasteiger partial charge in [-0.1, -0.05) is 0 Å². The number of fused-ring (bicyclic) bond motifs is 1. The first-order valence-corrected chi connectivity index (χ1v) is 8.78. The lowest BCUT2D eigenvalue weighted by Gasteiger charge is -2.23. The summed E-state index contributed by atoms with van der Waals surface area (Å²) in [5, 5.41) is 21.2. The predicted molar refractivity (Wildman–Crippen MR) is 101 cm³/mol. The van der Waals surface area contributed by atoms with E-state index in [4.69, 9.17) is 15.3 Å². The van der Waals surface area contributed by atoms with Gasteiger partial charge in [-0.05, 0) is 44.5 Å². The van der Waals surface area contributed by atoms with E-state index >= 15 is 0 Å². The molecule has 1 aliphatic heterocycles. The second-order valence-electron chi connectivity index (χ2n) is 7.50. The zero-order valence-corrected chi connectivity index (χ0v) is 16.0. The van der Waals surface area contributed by atoms with Crippen molar-refractivity contribution in [2.75, 3.05) is 5.32 Å². The minimum atomic E-state index is -0.551. The highest BCUT2D eigenvalue weighted by atomic mass is 16.6. The molecule has 142 valence electrons. The summed E-state index contributed by atoms with van der Waals surface area (Å²) in [4.78, 5) is 22.6. The van der Waals surface area contributed by atoms with Gasteiger partial charge in [-0.15, -0.1) is 0 Å². The van der Waals surface area contributed by atoms with E-state index in [1.54, 1.807) is 29.3 Å². The summed E-state index contributed by atoms with van der Waals surface area (Å²) < 4.78 is 5.40. The molecule has 2 heterocycles. The Balaban J connectivity index is 1.67. The first-order valence-electron chi connectivity index (χ1n) is 8.78. The number of carbonyl (C=O) groups is 1. The number of carbonyl (C=O) groups excluding carboxylic acids is 1. The molecule has 0 aliphatic carbocycles. The number of nitrogens with zero attached hydrogens (tertiary/aromatic N) is 5. The molecule has 2 aromatic rings. The minimum Gasteiger partial charge on any atom is -0.444 e.